The van der Waals surface area contributed by atoms with Crippen molar-refractivity contribution in [3.63, 3.8) is 0 Å². The Balaban J connectivity index is 1.58. The van der Waals surface area contributed by atoms with Gasteiger partial charge in [0.15, 0.2) is 5.96 Å². The van der Waals surface area contributed by atoms with E-state index in [1.165, 1.54) is 21.9 Å². The molecule has 1 aliphatic rings. The minimum atomic E-state index is 0.487. The number of hydrogen-bond acceptors (Lipinski definition) is 2. The molecule has 4 nitrogen and oxygen atoms in total. The van der Waals surface area contributed by atoms with E-state index in [1.54, 1.807) is 0 Å². The van der Waals surface area contributed by atoms with Crippen LogP contribution in [-0.2, 0) is 6.54 Å². The number of fused-ring (bicyclic) bond motifs is 1. The van der Waals surface area contributed by atoms with Gasteiger partial charge in [-0.1, -0.05) is 48.6 Å². The number of nitrogens with zero attached hydrogens (tertiary/aromatic N) is 2. The number of aliphatic imine (C=N–C) groups is 1. The van der Waals surface area contributed by atoms with Crippen LogP contribution in [0.25, 0.3) is 10.8 Å². The van der Waals surface area contributed by atoms with E-state index in [0.717, 1.165) is 45.0 Å². The van der Waals surface area contributed by atoms with E-state index < -0.39 is 0 Å². The highest BCUT2D eigenvalue weighted by atomic mass is 15.2. The van der Waals surface area contributed by atoms with Crippen molar-refractivity contribution < 1.29 is 0 Å². The third kappa shape index (κ3) is 5.83. The maximum Gasteiger partial charge on any atom is 0.191 e. The van der Waals surface area contributed by atoms with Crippen LogP contribution in [0.1, 0.15) is 32.3 Å². The van der Waals surface area contributed by atoms with E-state index in [0.29, 0.717) is 12.6 Å². The van der Waals surface area contributed by atoms with Crippen molar-refractivity contribution in [1.29, 1.82) is 0 Å². The predicted octanol–water partition coefficient (Wildman–Crippen LogP) is 3.94. The molecule has 0 aliphatic carbocycles. The van der Waals surface area contributed by atoms with Gasteiger partial charge in [0.05, 0.1) is 6.54 Å². The molecule has 2 N–H and O–H groups in total. The lowest BCUT2D eigenvalue weighted by Gasteiger charge is -2.33. The smallest absolute Gasteiger partial charge is 0.191 e. The molecule has 144 valence electrons. The minimum Gasteiger partial charge on any atom is -0.357 e. The lowest BCUT2D eigenvalue weighted by Crippen LogP contribution is -2.48. The van der Waals surface area contributed by atoms with Crippen molar-refractivity contribution in [2.45, 2.75) is 39.3 Å². The van der Waals surface area contributed by atoms with Crippen LogP contribution in [-0.4, -0.2) is 43.1 Å². The summed E-state index contributed by atoms with van der Waals surface area (Å²) < 4.78 is 0. The summed E-state index contributed by atoms with van der Waals surface area (Å²) in [5, 5.41) is 9.57. The van der Waals surface area contributed by atoms with E-state index in [9.17, 15) is 0 Å². The normalized spacial score (nSPS) is 16.4. The quantitative estimate of drug-likeness (QED) is 0.463. The summed E-state index contributed by atoms with van der Waals surface area (Å²) in [4.78, 5) is 7.30. The number of likely N-dealkylation sites (tertiary alicyclic amines) is 1. The molecule has 0 unspecified atom stereocenters. The lowest BCUT2D eigenvalue weighted by atomic mass is 10.0. The third-order valence-electron chi connectivity index (χ3n) is 5.00. The van der Waals surface area contributed by atoms with Gasteiger partial charge in [0.1, 0.15) is 0 Å². The molecule has 0 aromatic heterocycles. The van der Waals surface area contributed by atoms with Gasteiger partial charge in [0, 0.05) is 32.2 Å². The molecule has 4 heteroatoms. The van der Waals surface area contributed by atoms with Crippen molar-refractivity contribution in [2.24, 2.45) is 4.99 Å². The van der Waals surface area contributed by atoms with Crippen LogP contribution in [0, 0.1) is 0 Å². The first kappa shape index (κ1) is 19.4. The first-order chi connectivity index (χ1) is 13.1. The second-order valence-electron chi connectivity index (χ2n) is 7.53. The van der Waals surface area contributed by atoms with Crippen LogP contribution in [0.4, 0.5) is 0 Å². The molecule has 1 aliphatic heterocycles. The van der Waals surface area contributed by atoms with Crippen LogP contribution in [0.3, 0.4) is 0 Å². The summed E-state index contributed by atoms with van der Waals surface area (Å²) in [6.45, 7) is 13.1. The molecule has 0 amide bonds. The summed E-state index contributed by atoms with van der Waals surface area (Å²) >= 11 is 0. The second kappa shape index (κ2) is 9.56. The molecule has 0 spiro atoms. The Labute approximate surface area is 163 Å². The summed E-state index contributed by atoms with van der Waals surface area (Å²) in [7, 11) is 0. The fraction of sp³-hybridized carbons (Fsp3) is 0.435. The Morgan fingerprint density at radius 2 is 1.89 bits per heavy atom. The van der Waals surface area contributed by atoms with Crippen LogP contribution >= 0.6 is 0 Å². The molecule has 1 fully saturated rings. The predicted molar refractivity (Wildman–Crippen MR) is 116 cm³/mol. The van der Waals surface area contributed by atoms with Crippen molar-refractivity contribution in [3.05, 3.63) is 60.2 Å². The van der Waals surface area contributed by atoms with Crippen molar-refractivity contribution in [1.82, 2.24) is 15.5 Å². The average Bonchev–Trinajstić information content (AvgIpc) is 2.67. The summed E-state index contributed by atoms with van der Waals surface area (Å²) in [5.41, 5.74) is 2.48. The van der Waals surface area contributed by atoms with E-state index >= 15 is 0 Å². The molecule has 1 heterocycles. The lowest BCUT2D eigenvalue weighted by molar-refractivity contribution is 0.221. The van der Waals surface area contributed by atoms with Gasteiger partial charge in [0.25, 0.3) is 0 Å². The van der Waals surface area contributed by atoms with Crippen molar-refractivity contribution in [3.8, 4) is 0 Å². The van der Waals surface area contributed by atoms with Gasteiger partial charge in [-0.3, -0.25) is 4.90 Å². The molecule has 2 aromatic carbocycles. The third-order valence-corrected chi connectivity index (χ3v) is 5.00. The molecule has 0 saturated carbocycles. The van der Waals surface area contributed by atoms with Gasteiger partial charge in [0.2, 0.25) is 0 Å². The highest BCUT2D eigenvalue weighted by Crippen LogP contribution is 2.16. The highest BCUT2D eigenvalue weighted by molar-refractivity contribution is 5.83. The fourth-order valence-corrected chi connectivity index (χ4v) is 3.64. The van der Waals surface area contributed by atoms with Crippen LogP contribution in [0.5, 0.6) is 0 Å². The topological polar surface area (TPSA) is 39.7 Å². The fourth-order valence-electron chi connectivity index (χ4n) is 3.64. The van der Waals surface area contributed by atoms with E-state index in [2.05, 4.69) is 78.4 Å². The maximum atomic E-state index is 4.82. The molecular weight excluding hydrogens is 332 g/mol. The van der Waals surface area contributed by atoms with Gasteiger partial charge in [-0.05, 0) is 49.1 Å². The molecule has 3 rings (SSSR count). The first-order valence-electron chi connectivity index (χ1n) is 10.0. The Hall–Kier alpha value is -2.33. The molecular formula is C23H32N4. The molecule has 0 bridgehead atoms. The van der Waals surface area contributed by atoms with E-state index in [-0.39, 0.29) is 0 Å². The Morgan fingerprint density at radius 1 is 1.15 bits per heavy atom. The number of nitrogens with one attached hydrogen (secondary N) is 2. The zero-order valence-electron chi connectivity index (χ0n) is 16.7. The Kier molecular flexibility index (Phi) is 6.88. The van der Waals surface area contributed by atoms with Crippen LogP contribution in [0.2, 0.25) is 0 Å². The van der Waals surface area contributed by atoms with E-state index in [1.807, 2.05) is 0 Å². The summed E-state index contributed by atoms with van der Waals surface area (Å²) in [5.74, 6) is 0.920. The number of benzene rings is 2. The van der Waals surface area contributed by atoms with Crippen molar-refractivity contribution in [2.75, 3.05) is 26.2 Å². The average molecular weight is 365 g/mol. The number of piperidine rings is 1. The minimum absolute atomic E-state index is 0.487. The SMILES string of the molecule is C=C(C)CN1CCC(NC(=NCc2ccc3ccccc3c2)NCC)CC1. The van der Waals surface area contributed by atoms with Gasteiger partial charge < -0.3 is 10.6 Å². The molecule has 1 saturated heterocycles. The largest absolute Gasteiger partial charge is 0.357 e. The van der Waals surface area contributed by atoms with Crippen LogP contribution in [0.15, 0.2) is 59.6 Å². The number of rotatable bonds is 6. The second-order valence-corrected chi connectivity index (χ2v) is 7.53. The van der Waals surface area contributed by atoms with Gasteiger partial charge >= 0.3 is 0 Å². The maximum absolute atomic E-state index is 4.82. The zero-order chi connectivity index (χ0) is 19.1. The zero-order valence-corrected chi connectivity index (χ0v) is 16.7. The first-order valence-corrected chi connectivity index (χ1v) is 10.0. The highest BCUT2D eigenvalue weighted by Gasteiger charge is 2.19. The Bertz CT molecular complexity index is 788. The van der Waals surface area contributed by atoms with Gasteiger partial charge in [-0.25, -0.2) is 4.99 Å². The van der Waals surface area contributed by atoms with Gasteiger partial charge in [-0.15, -0.1) is 0 Å². The Morgan fingerprint density at radius 3 is 2.59 bits per heavy atom. The van der Waals surface area contributed by atoms with Gasteiger partial charge in [-0.2, -0.15) is 0 Å². The standard InChI is InChI=1S/C23H32N4/c1-4-24-23(26-22-11-13-27(14-12-22)17-18(2)3)25-16-19-9-10-20-7-5-6-8-21(20)15-19/h5-10,15,22H,2,4,11-14,16-17H2,1,3H3,(H2,24,25,26). The van der Waals surface area contributed by atoms with Crippen molar-refractivity contribution >= 4 is 16.7 Å². The van der Waals surface area contributed by atoms with E-state index in [4.69, 9.17) is 4.99 Å². The molecule has 0 atom stereocenters. The summed E-state index contributed by atoms with van der Waals surface area (Å²) in [6.07, 6.45) is 2.29. The summed E-state index contributed by atoms with van der Waals surface area (Å²) in [6, 6.07) is 15.5. The molecule has 27 heavy (non-hydrogen) atoms. The van der Waals surface area contributed by atoms with Crippen LogP contribution < -0.4 is 10.6 Å². The molecule has 2 aromatic rings. The molecule has 0 radical (unpaired) electrons. The monoisotopic (exact) mass is 364 g/mol. The number of guanidine groups is 1. The number of hydrogen-bond donors (Lipinski definition) is 2.